The maximum atomic E-state index is 13.3. The standard InChI is InChI=1S/C13H12N10O/c24-13(22(18-5-1-14-9-18)19-6-2-15-10-19)23(20-7-3-16-11-20)21-8-4-17-12-21/h1-12H. The molecule has 0 saturated heterocycles. The van der Waals surface area contributed by atoms with E-state index in [2.05, 4.69) is 19.9 Å². The van der Waals surface area contributed by atoms with Crippen LogP contribution >= 0.6 is 0 Å². The fourth-order valence-electron chi connectivity index (χ4n) is 2.17. The Kier molecular flexibility index (Phi) is 3.28. The number of hydrogen-bond donors (Lipinski definition) is 0. The first-order valence-electron chi connectivity index (χ1n) is 6.92. The van der Waals surface area contributed by atoms with Gasteiger partial charge in [-0.3, -0.25) is 0 Å². The van der Waals surface area contributed by atoms with Gasteiger partial charge < -0.3 is 0 Å². The second-order valence-corrected chi connectivity index (χ2v) is 4.63. The minimum Gasteiger partial charge on any atom is -0.243 e. The second-order valence-electron chi connectivity index (χ2n) is 4.63. The van der Waals surface area contributed by atoms with Crippen molar-refractivity contribution in [1.82, 2.24) is 38.6 Å². The summed E-state index contributed by atoms with van der Waals surface area (Å²) < 4.78 is 6.13. The third kappa shape index (κ3) is 2.29. The first-order chi connectivity index (χ1) is 11.8. The van der Waals surface area contributed by atoms with Crippen molar-refractivity contribution in [1.29, 1.82) is 0 Å². The van der Waals surface area contributed by atoms with Crippen molar-refractivity contribution in [3.63, 3.8) is 0 Å². The lowest BCUT2D eigenvalue weighted by molar-refractivity contribution is 0.233. The molecule has 4 aromatic heterocycles. The molecule has 24 heavy (non-hydrogen) atoms. The van der Waals surface area contributed by atoms with Gasteiger partial charge in [0.15, 0.2) is 0 Å². The summed E-state index contributed by atoms with van der Waals surface area (Å²) in [6.45, 7) is 0. The van der Waals surface area contributed by atoms with Crippen LogP contribution in [0.5, 0.6) is 0 Å². The van der Waals surface area contributed by atoms with Gasteiger partial charge in [0.1, 0.15) is 25.3 Å². The molecule has 0 aromatic carbocycles. The van der Waals surface area contributed by atoms with Gasteiger partial charge in [0.05, 0.1) is 0 Å². The molecule has 11 heteroatoms. The summed E-state index contributed by atoms with van der Waals surface area (Å²) in [6.07, 6.45) is 19.0. The molecule has 120 valence electrons. The molecule has 0 radical (unpaired) electrons. The van der Waals surface area contributed by atoms with Crippen LogP contribution in [0.3, 0.4) is 0 Å². The lowest BCUT2D eigenvalue weighted by Gasteiger charge is -2.30. The Labute approximate surface area is 135 Å². The highest BCUT2D eigenvalue weighted by Gasteiger charge is 2.27. The number of amides is 2. The Morgan fingerprint density at radius 1 is 0.583 bits per heavy atom. The normalized spacial score (nSPS) is 10.7. The minimum absolute atomic E-state index is 0.415. The van der Waals surface area contributed by atoms with Gasteiger partial charge in [-0.1, -0.05) is 0 Å². The van der Waals surface area contributed by atoms with Gasteiger partial charge in [0, 0.05) is 49.6 Å². The average Bonchev–Trinajstić information content (AvgIpc) is 3.38. The van der Waals surface area contributed by atoms with E-state index in [0.717, 1.165) is 0 Å². The van der Waals surface area contributed by atoms with Crippen molar-refractivity contribution in [3.8, 4) is 0 Å². The number of nitrogens with zero attached hydrogens (tertiary/aromatic N) is 10. The topological polar surface area (TPSA) is 94.8 Å². The Morgan fingerprint density at radius 3 is 1.08 bits per heavy atom. The highest BCUT2D eigenvalue weighted by Crippen LogP contribution is 2.05. The highest BCUT2D eigenvalue weighted by molar-refractivity contribution is 5.92. The fraction of sp³-hybridized carbons (Fsp3) is 0. The van der Waals surface area contributed by atoms with E-state index in [9.17, 15) is 4.79 Å². The Bertz CT molecular complexity index is 736. The number of hydrogen-bond acceptors (Lipinski definition) is 5. The molecule has 4 rings (SSSR count). The molecule has 0 N–H and O–H groups in total. The third-order valence-corrected chi connectivity index (χ3v) is 3.18. The van der Waals surface area contributed by atoms with Crippen molar-refractivity contribution in [2.45, 2.75) is 0 Å². The highest BCUT2D eigenvalue weighted by atomic mass is 16.2. The molecule has 4 aromatic rings. The zero-order chi connectivity index (χ0) is 16.4. The van der Waals surface area contributed by atoms with E-state index in [4.69, 9.17) is 0 Å². The van der Waals surface area contributed by atoms with E-state index in [1.54, 1.807) is 49.6 Å². The predicted molar refractivity (Wildman–Crippen MR) is 81.5 cm³/mol. The summed E-state index contributed by atoms with van der Waals surface area (Å²) in [5.41, 5.74) is 0. The second kappa shape index (κ2) is 5.72. The van der Waals surface area contributed by atoms with Gasteiger partial charge in [-0.15, -0.1) is 10.2 Å². The van der Waals surface area contributed by atoms with E-state index >= 15 is 0 Å². The molecular formula is C13H12N10O. The van der Waals surface area contributed by atoms with Crippen LogP contribution in [0, 0.1) is 0 Å². The van der Waals surface area contributed by atoms with Crippen molar-refractivity contribution < 1.29 is 4.79 Å². The largest absolute Gasteiger partial charge is 0.398 e. The number of urea groups is 1. The monoisotopic (exact) mass is 324 g/mol. The molecular weight excluding hydrogens is 312 g/mol. The number of carbonyl (C=O) groups excluding carboxylic acids is 1. The number of rotatable bonds is 4. The summed E-state index contributed by atoms with van der Waals surface area (Å²) in [4.78, 5) is 29.3. The smallest absolute Gasteiger partial charge is 0.243 e. The van der Waals surface area contributed by atoms with Gasteiger partial charge in [0.25, 0.3) is 0 Å². The van der Waals surface area contributed by atoms with E-state index in [0.29, 0.717) is 0 Å². The van der Waals surface area contributed by atoms with Gasteiger partial charge in [-0.05, 0) is 0 Å². The van der Waals surface area contributed by atoms with Crippen LogP contribution in [0.15, 0.2) is 74.9 Å². The van der Waals surface area contributed by atoms with Crippen LogP contribution in [-0.4, -0.2) is 44.7 Å². The van der Waals surface area contributed by atoms with Crippen molar-refractivity contribution >= 4 is 6.03 Å². The first-order valence-corrected chi connectivity index (χ1v) is 6.92. The van der Waals surface area contributed by atoms with Crippen LogP contribution in [0.4, 0.5) is 4.79 Å². The minimum atomic E-state index is -0.415. The van der Waals surface area contributed by atoms with Gasteiger partial charge >= 0.3 is 6.03 Å². The maximum absolute atomic E-state index is 13.3. The van der Waals surface area contributed by atoms with Crippen LogP contribution in [0.2, 0.25) is 0 Å². The summed E-state index contributed by atoms with van der Waals surface area (Å²) in [7, 11) is 0. The maximum Gasteiger partial charge on any atom is 0.398 e. The van der Waals surface area contributed by atoms with Crippen molar-refractivity contribution in [2.24, 2.45) is 0 Å². The zero-order valence-corrected chi connectivity index (χ0v) is 12.3. The van der Waals surface area contributed by atoms with E-state index in [1.807, 2.05) is 0 Å². The number of carbonyl (C=O) groups is 1. The molecule has 0 bridgehead atoms. The van der Waals surface area contributed by atoms with Crippen molar-refractivity contribution in [3.05, 3.63) is 74.9 Å². The predicted octanol–water partition coefficient (Wildman–Crippen LogP) is 0.0954. The quantitative estimate of drug-likeness (QED) is 0.530. The fourth-order valence-corrected chi connectivity index (χ4v) is 2.17. The summed E-state index contributed by atoms with van der Waals surface area (Å²) in [5.74, 6) is 0. The number of imidazole rings is 4. The molecule has 0 saturated carbocycles. The number of aromatic nitrogens is 8. The van der Waals surface area contributed by atoms with Crippen LogP contribution in [-0.2, 0) is 0 Å². The van der Waals surface area contributed by atoms with Crippen LogP contribution < -0.4 is 10.2 Å². The lowest BCUT2D eigenvalue weighted by atomic mass is 10.8. The molecule has 0 aliphatic rings. The molecule has 2 amide bonds. The Morgan fingerprint density at radius 2 is 0.875 bits per heavy atom. The van der Waals surface area contributed by atoms with E-state index < -0.39 is 6.03 Å². The SMILES string of the molecule is O=C(N(n1ccnc1)n1ccnc1)N(n1ccnc1)n1ccnc1. The molecule has 4 heterocycles. The lowest BCUT2D eigenvalue weighted by Crippen LogP contribution is -2.56. The molecule has 0 fully saturated rings. The average molecular weight is 324 g/mol. The van der Waals surface area contributed by atoms with Crippen LogP contribution in [0.25, 0.3) is 0 Å². The molecule has 0 aliphatic heterocycles. The summed E-state index contributed by atoms with van der Waals surface area (Å²) in [5, 5.41) is 2.69. The molecule has 11 nitrogen and oxygen atoms in total. The summed E-state index contributed by atoms with van der Waals surface area (Å²) >= 11 is 0. The molecule has 0 aliphatic carbocycles. The molecule has 0 atom stereocenters. The summed E-state index contributed by atoms with van der Waals surface area (Å²) in [6, 6.07) is -0.415. The third-order valence-electron chi connectivity index (χ3n) is 3.18. The van der Waals surface area contributed by atoms with E-state index in [1.165, 1.54) is 54.2 Å². The van der Waals surface area contributed by atoms with Gasteiger partial charge in [-0.2, -0.15) is 0 Å². The van der Waals surface area contributed by atoms with Crippen LogP contribution in [0.1, 0.15) is 0 Å². The van der Waals surface area contributed by atoms with Crippen molar-refractivity contribution in [2.75, 3.05) is 10.2 Å². The Balaban J connectivity index is 1.80. The van der Waals surface area contributed by atoms with Gasteiger partial charge in [-0.25, -0.2) is 43.4 Å². The zero-order valence-electron chi connectivity index (χ0n) is 12.3. The molecule has 0 unspecified atom stereocenters. The Hall–Kier alpha value is -3.89. The van der Waals surface area contributed by atoms with E-state index in [-0.39, 0.29) is 0 Å². The molecule has 0 spiro atoms. The van der Waals surface area contributed by atoms with Gasteiger partial charge in [0.2, 0.25) is 0 Å². The first kappa shape index (κ1) is 13.8.